The van der Waals surface area contributed by atoms with E-state index in [0.29, 0.717) is 23.7 Å². The van der Waals surface area contributed by atoms with E-state index in [4.69, 9.17) is 0 Å². The standard InChI is InChI=1S/C20H27N5OS/c26-20(21-15-5-2-1-3-6-15)19-23-22-18-17-13-24(12-16-7-4-10-27-16)11-14(17)8-9-25(18)19/h4,7,10,14-15,17H,1-3,5-6,8-9,11-13H2,(H,21,26)/t14-,17+/m1/s1. The summed E-state index contributed by atoms with van der Waals surface area (Å²) in [5.41, 5.74) is 0. The molecule has 2 aliphatic heterocycles. The summed E-state index contributed by atoms with van der Waals surface area (Å²) in [5, 5.41) is 14.1. The molecule has 1 N–H and O–H groups in total. The van der Waals surface area contributed by atoms with E-state index in [9.17, 15) is 4.79 Å². The third kappa shape index (κ3) is 3.43. The van der Waals surface area contributed by atoms with Crippen molar-refractivity contribution >= 4 is 17.2 Å². The molecule has 3 aliphatic rings. The number of hydrogen-bond donors (Lipinski definition) is 1. The van der Waals surface area contributed by atoms with E-state index in [1.807, 2.05) is 11.3 Å². The molecule has 0 aromatic carbocycles. The van der Waals surface area contributed by atoms with Crippen molar-refractivity contribution in [3.8, 4) is 0 Å². The predicted molar refractivity (Wildman–Crippen MR) is 105 cm³/mol. The molecular weight excluding hydrogens is 358 g/mol. The van der Waals surface area contributed by atoms with Crippen LogP contribution in [0.2, 0.25) is 0 Å². The van der Waals surface area contributed by atoms with Crippen LogP contribution in [-0.4, -0.2) is 44.7 Å². The molecular formula is C20H27N5OS. The Morgan fingerprint density at radius 1 is 1.19 bits per heavy atom. The summed E-state index contributed by atoms with van der Waals surface area (Å²) in [6.45, 7) is 4.03. The fourth-order valence-corrected chi connectivity index (χ4v) is 5.81. The lowest BCUT2D eigenvalue weighted by Crippen LogP contribution is -2.38. The third-order valence-corrected chi connectivity index (χ3v) is 7.32. The third-order valence-electron chi connectivity index (χ3n) is 6.45. The van der Waals surface area contributed by atoms with E-state index in [1.54, 1.807) is 0 Å². The largest absolute Gasteiger partial charge is 0.347 e. The molecule has 7 heteroatoms. The van der Waals surface area contributed by atoms with E-state index >= 15 is 0 Å². The number of likely N-dealkylation sites (tertiary alicyclic amines) is 1. The Morgan fingerprint density at radius 2 is 2.07 bits per heavy atom. The fraction of sp³-hybridized carbons (Fsp3) is 0.650. The van der Waals surface area contributed by atoms with Gasteiger partial charge in [0, 0.05) is 43.0 Å². The molecule has 2 atom stereocenters. The number of carbonyl (C=O) groups excluding carboxylic acids is 1. The molecule has 0 unspecified atom stereocenters. The zero-order valence-corrected chi connectivity index (χ0v) is 16.5. The quantitative estimate of drug-likeness (QED) is 0.879. The summed E-state index contributed by atoms with van der Waals surface area (Å²) in [6.07, 6.45) is 7.02. The van der Waals surface area contributed by atoms with Crippen molar-refractivity contribution in [1.82, 2.24) is 25.0 Å². The van der Waals surface area contributed by atoms with Crippen LogP contribution in [0.3, 0.4) is 0 Å². The summed E-state index contributed by atoms with van der Waals surface area (Å²) in [5.74, 6) is 2.55. The molecule has 0 spiro atoms. The monoisotopic (exact) mass is 385 g/mol. The van der Waals surface area contributed by atoms with Gasteiger partial charge in [-0.05, 0) is 36.6 Å². The Bertz CT molecular complexity index is 795. The summed E-state index contributed by atoms with van der Waals surface area (Å²) in [7, 11) is 0. The van der Waals surface area contributed by atoms with Crippen molar-refractivity contribution in [2.75, 3.05) is 13.1 Å². The van der Waals surface area contributed by atoms with Crippen LogP contribution in [-0.2, 0) is 13.1 Å². The molecule has 1 saturated heterocycles. The van der Waals surface area contributed by atoms with E-state index < -0.39 is 0 Å². The minimum Gasteiger partial charge on any atom is -0.347 e. The van der Waals surface area contributed by atoms with Gasteiger partial charge in [-0.15, -0.1) is 21.5 Å². The molecule has 2 aromatic heterocycles. The molecule has 0 bridgehead atoms. The van der Waals surface area contributed by atoms with Gasteiger partial charge in [-0.3, -0.25) is 9.69 Å². The number of carbonyl (C=O) groups is 1. The molecule has 5 rings (SSSR count). The Morgan fingerprint density at radius 3 is 2.89 bits per heavy atom. The van der Waals surface area contributed by atoms with Gasteiger partial charge in [-0.1, -0.05) is 25.3 Å². The number of hydrogen-bond acceptors (Lipinski definition) is 5. The lowest BCUT2D eigenvalue weighted by atomic mass is 9.89. The highest BCUT2D eigenvalue weighted by atomic mass is 32.1. The smallest absolute Gasteiger partial charge is 0.289 e. The topological polar surface area (TPSA) is 63.1 Å². The lowest BCUT2D eigenvalue weighted by Gasteiger charge is -2.26. The maximum atomic E-state index is 12.8. The minimum absolute atomic E-state index is 0.0347. The highest BCUT2D eigenvalue weighted by Gasteiger charge is 2.40. The first-order valence-corrected chi connectivity index (χ1v) is 11.1. The van der Waals surface area contributed by atoms with E-state index in [2.05, 4.69) is 42.5 Å². The Labute approximate surface area is 164 Å². The molecule has 144 valence electrons. The molecule has 2 aromatic rings. The van der Waals surface area contributed by atoms with Crippen LogP contribution in [0.5, 0.6) is 0 Å². The van der Waals surface area contributed by atoms with Gasteiger partial charge in [0.1, 0.15) is 5.82 Å². The second-order valence-corrected chi connectivity index (χ2v) is 9.30. The number of thiophene rings is 1. The van der Waals surface area contributed by atoms with Crippen LogP contribution < -0.4 is 5.32 Å². The van der Waals surface area contributed by atoms with Crippen molar-refractivity contribution in [1.29, 1.82) is 0 Å². The molecule has 1 amide bonds. The van der Waals surface area contributed by atoms with Gasteiger partial charge in [0.05, 0.1) is 0 Å². The molecule has 6 nitrogen and oxygen atoms in total. The number of amides is 1. The SMILES string of the molecule is O=C(NC1CCCCC1)c1nnc2n1CC[C@@H]1CN(Cc3cccs3)C[C@H]21. The average molecular weight is 386 g/mol. The van der Waals surface area contributed by atoms with E-state index in [1.165, 1.54) is 24.1 Å². The van der Waals surface area contributed by atoms with E-state index in [-0.39, 0.29) is 5.91 Å². The molecule has 4 heterocycles. The van der Waals surface area contributed by atoms with Gasteiger partial charge < -0.3 is 9.88 Å². The second kappa shape index (κ2) is 7.36. The Kier molecular flexibility index (Phi) is 4.73. The van der Waals surface area contributed by atoms with Gasteiger partial charge in [-0.25, -0.2) is 0 Å². The van der Waals surface area contributed by atoms with Crippen LogP contribution >= 0.6 is 11.3 Å². The molecule has 1 aliphatic carbocycles. The van der Waals surface area contributed by atoms with Crippen LogP contribution in [0.25, 0.3) is 0 Å². The molecule has 2 fully saturated rings. The zero-order valence-electron chi connectivity index (χ0n) is 15.6. The van der Waals surface area contributed by atoms with Gasteiger partial charge in [0.2, 0.25) is 5.82 Å². The number of aromatic nitrogens is 3. The number of fused-ring (bicyclic) bond motifs is 3. The Balaban J connectivity index is 1.29. The maximum absolute atomic E-state index is 12.8. The van der Waals surface area contributed by atoms with E-state index in [0.717, 1.165) is 51.3 Å². The van der Waals surface area contributed by atoms with Crippen molar-refractivity contribution < 1.29 is 4.79 Å². The van der Waals surface area contributed by atoms with Gasteiger partial charge in [-0.2, -0.15) is 0 Å². The fourth-order valence-electron chi connectivity index (χ4n) is 5.07. The number of rotatable bonds is 4. The van der Waals surface area contributed by atoms with Gasteiger partial charge in [0.25, 0.3) is 5.91 Å². The minimum atomic E-state index is -0.0347. The summed E-state index contributed by atoms with van der Waals surface area (Å²) in [6, 6.07) is 4.64. The lowest BCUT2D eigenvalue weighted by molar-refractivity contribution is 0.0910. The molecule has 1 saturated carbocycles. The second-order valence-electron chi connectivity index (χ2n) is 8.27. The van der Waals surface area contributed by atoms with Crippen LogP contribution in [0.15, 0.2) is 17.5 Å². The van der Waals surface area contributed by atoms with Crippen LogP contribution in [0.4, 0.5) is 0 Å². The first-order chi connectivity index (χ1) is 13.3. The summed E-state index contributed by atoms with van der Waals surface area (Å²) in [4.78, 5) is 16.7. The highest BCUT2D eigenvalue weighted by Crippen LogP contribution is 2.39. The zero-order chi connectivity index (χ0) is 18.2. The number of nitrogens with one attached hydrogen (secondary N) is 1. The van der Waals surface area contributed by atoms with Crippen molar-refractivity contribution in [2.24, 2.45) is 5.92 Å². The average Bonchev–Trinajstić information content (AvgIpc) is 3.41. The molecule has 0 radical (unpaired) electrons. The number of nitrogens with zero attached hydrogens (tertiary/aromatic N) is 4. The molecule has 27 heavy (non-hydrogen) atoms. The first-order valence-electron chi connectivity index (χ1n) is 10.3. The normalized spacial score (nSPS) is 25.9. The van der Waals surface area contributed by atoms with Crippen molar-refractivity contribution in [3.05, 3.63) is 34.0 Å². The van der Waals surface area contributed by atoms with Gasteiger partial charge >= 0.3 is 0 Å². The van der Waals surface area contributed by atoms with Crippen molar-refractivity contribution in [2.45, 2.75) is 63.6 Å². The highest BCUT2D eigenvalue weighted by molar-refractivity contribution is 7.09. The van der Waals surface area contributed by atoms with Crippen LogP contribution in [0, 0.1) is 5.92 Å². The summed E-state index contributed by atoms with van der Waals surface area (Å²) >= 11 is 1.83. The maximum Gasteiger partial charge on any atom is 0.289 e. The Hall–Kier alpha value is -1.73. The first kappa shape index (κ1) is 17.4. The van der Waals surface area contributed by atoms with Gasteiger partial charge in [0.15, 0.2) is 0 Å². The predicted octanol–water partition coefficient (Wildman–Crippen LogP) is 3.02. The summed E-state index contributed by atoms with van der Waals surface area (Å²) < 4.78 is 2.09. The van der Waals surface area contributed by atoms with Crippen molar-refractivity contribution in [3.63, 3.8) is 0 Å². The van der Waals surface area contributed by atoms with Crippen LogP contribution in [0.1, 0.15) is 65.8 Å².